The van der Waals surface area contributed by atoms with Gasteiger partial charge in [-0.05, 0) is 43.9 Å². The molecule has 6 heterocycles. The maximum Gasteiger partial charge on any atom is 0.341 e. The lowest BCUT2D eigenvalue weighted by atomic mass is 10.1. The van der Waals surface area contributed by atoms with E-state index in [4.69, 9.17) is 16.6 Å². The fourth-order valence-electron chi connectivity index (χ4n) is 4.81. The number of halogens is 1. The summed E-state index contributed by atoms with van der Waals surface area (Å²) in [6, 6.07) is 9.64. The summed E-state index contributed by atoms with van der Waals surface area (Å²) in [6.45, 7) is 2.89. The molecule has 10 nitrogen and oxygen atoms in total. The summed E-state index contributed by atoms with van der Waals surface area (Å²) in [4.78, 5) is 45.1. The van der Waals surface area contributed by atoms with Gasteiger partial charge in [0.15, 0.2) is 11.5 Å². The Balaban J connectivity index is 1.43. The molecule has 37 heavy (non-hydrogen) atoms. The summed E-state index contributed by atoms with van der Waals surface area (Å²) in [7, 11) is 4.12. The molecule has 0 unspecified atom stereocenters. The monoisotopic (exact) mass is 517 g/mol. The van der Waals surface area contributed by atoms with Gasteiger partial charge in [-0.25, -0.2) is 14.8 Å². The second-order valence-corrected chi connectivity index (χ2v) is 9.98. The Bertz CT molecular complexity index is 1570. The van der Waals surface area contributed by atoms with Crippen LogP contribution in [-0.4, -0.2) is 68.7 Å². The summed E-state index contributed by atoms with van der Waals surface area (Å²) in [5, 5.41) is 10.1. The minimum atomic E-state index is -1.32. The van der Waals surface area contributed by atoms with E-state index in [0.29, 0.717) is 36.3 Å². The van der Waals surface area contributed by atoms with Crippen LogP contribution in [0, 0.1) is 0 Å². The van der Waals surface area contributed by atoms with Crippen molar-refractivity contribution >= 4 is 40.2 Å². The highest BCUT2D eigenvalue weighted by Gasteiger charge is 2.29. The first kappa shape index (κ1) is 23.4. The number of fused-ring (bicyclic) bond motifs is 2. The number of hydrogen-bond acceptors (Lipinski definition) is 8. The van der Waals surface area contributed by atoms with Crippen molar-refractivity contribution in [3.63, 3.8) is 0 Å². The molecule has 4 aromatic rings. The van der Waals surface area contributed by atoms with E-state index >= 15 is 0 Å². The van der Waals surface area contributed by atoms with E-state index in [2.05, 4.69) is 33.9 Å². The predicted octanol–water partition coefficient (Wildman–Crippen LogP) is 2.80. The molecule has 1 N–H and O–H groups in total. The molecule has 0 aromatic carbocycles. The second kappa shape index (κ2) is 8.82. The van der Waals surface area contributed by atoms with Gasteiger partial charge in [-0.15, -0.1) is 0 Å². The molecule has 4 aromatic heterocycles. The average Bonchev–Trinajstić information content (AvgIpc) is 3.27. The van der Waals surface area contributed by atoms with E-state index in [9.17, 15) is 14.7 Å². The lowest BCUT2D eigenvalue weighted by Gasteiger charge is -2.43. The van der Waals surface area contributed by atoms with Crippen molar-refractivity contribution in [2.75, 3.05) is 37.0 Å². The third-order valence-electron chi connectivity index (χ3n) is 7.06. The highest BCUT2D eigenvalue weighted by molar-refractivity contribution is 6.33. The van der Waals surface area contributed by atoms with Crippen molar-refractivity contribution in [2.45, 2.75) is 19.1 Å². The Morgan fingerprint density at radius 1 is 1.14 bits per heavy atom. The number of carboxylic acid groups (broad SMARTS) is 1. The van der Waals surface area contributed by atoms with Gasteiger partial charge >= 0.3 is 5.97 Å². The molecule has 1 fully saturated rings. The number of aromatic nitrogens is 4. The van der Waals surface area contributed by atoms with Gasteiger partial charge in [0.1, 0.15) is 11.4 Å². The van der Waals surface area contributed by atoms with Crippen molar-refractivity contribution in [3.8, 4) is 5.69 Å². The molecule has 0 spiro atoms. The van der Waals surface area contributed by atoms with Gasteiger partial charge in [0.05, 0.1) is 34.5 Å². The number of anilines is 2. The quantitative estimate of drug-likeness (QED) is 0.427. The zero-order chi connectivity index (χ0) is 25.8. The largest absolute Gasteiger partial charge is 0.477 e. The number of carbonyl (C=O) groups is 1. The van der Waals surface area contributed by atoms with Crippen LogP contribution in [0.5, 0.6) is 0 Å². The molecule has 0 atom stereocenters. The second-order valence-electron chi connectivity index (χ2n) is 9.57. The molecule has 0 aliphatic carbocycles. The SMILES string of the molecule is CN(C)C1CN(c2ccc(-n3cc(C(=O)O)c(=O)c4cc(Cl)c(N5Cc6cccnc6C5)nc43)cn2)C1. The summed E-state index contributed by atoms with van der Waals surface area (Å²) in [5.41, 5.74) is 1.93. The van der Waals surface area contributed by atoms with E-state index in [1.165, 1.54) is 12.3 Å². The van der Waals surface area contributed by atoms with Gasteiger partial charge in [-0.3, -0.25) is 14.3 Å². The number of likely N-dealkylation sites (N-methyl/N-ethyl adjacent to an activating group) is 1. The van der Waals surface area contributed by atoms with E-state index in [-0.39, 0.29) is 16.0 Å². The lowest BCUT2D eigenvalue weighted by Crippen LogP contribution is -2.57. The predicted molar refractivity (Wildman–Crippen MR) is 141 cm³/mol. The van der Waals surface area contributed by atoms with E-state index < -0.39 is 11.4 Å². The van der Waals surface area contributed by atoms with Crippen molar-refractivity contribution < 1.29 is 9.90 Å². The number of carboxylic acids is 1. The standard InChI is InChI=1S/C26H24ClN7O3/c1-31(2)17-11-32(12-17)22-6-5-16(9-29-22)34-13-19(26(36)37)23(35)18-8-20(27)25(30-24(18)34)33-10-15-4-3-7-28-21(15)14-33/h3-9,13,17H,10-12,14H2,1-2H3,(H,36,37). The third-order valence-corrected chi connectivity index (χ3v) is 7.33. The number of aromatic carboxylic acids is 1. The van der Waals surface area contributed by atoms with E-state index in [1.54, 1.807) is 17.0 Å². The number of hydrogen-bond donors (Lipinski definition) is 1. The van der Waals surface area contributed by atoms with Crippen LogP contribution < -0.4 is 15.2 Å². The molecule has 0 bridgehead atoms. The lowest BCUT2D eigenvalue weighted by molar-refractivity contribution is 0.0695. The summed E-state index contributed by atoms with van der Waals surface area (Å²) >= 11 is 6.60. The highest BCUT2D eigenvalue weighted by Crippen LogP contribution is 2.33. The van der Waals surface area contributed by atoms with Gasteiger partial charge in [-0.2, -0.15) is 0 Å². The number of rotatable bonds is 5. The third kappa shape index (κ3) is 3.98. The fourth-order valence-corrected chi connectivity index (χ4v) is 5.08. The van der Waals surface area contributed by atoms with Crippen LogP contribution >= 0.6 is 11.6 Å². The molecule has 0 saturated carbocycles. The first-order valence-electron chi connectivity index (χ1n) is 11.8. The molecule has 0 radical (unpaired) electrons. The first-order valence-corrected chi connectivity index (χ1v) is 12.2. The van der Waals surface area contributed by atoms with Crippen molar-refractivity contribution in [1.82, 2.24) is 24.4 Å². The van der Waals surface area contributed by atoms with Crippen LogP contribution in [0.25, 0.3) is 16.7 Å². The first-order chi connectivity index (χ1) is 17.8. The van der Waals surface area contributed by atoms with Gasteiger partial charge in [0.2, 0.25) is 5.43 Å². The molecule has 2 aliphatic rings. The Morgan fingerprint density at radius 2 is 1.95 bits per heavy atom. The van der Waals surface area contributed by atoms with Crippen molar-refractivity contribution in [1.29, 1.82) is 0 Å². The van der Waals surface area contributed by atoms with Gasteiger partial charge in [-0.1, -0.05) is 17.7 Å². The molecule has 11 heteroatoms. The van der Waals surface area contributed by atoms with Crippen LogP contribution in [-0.2, 0) is 13.1 Å². The molecular formula is C26H24ClN7O3. The van der Waals surface area contributed by atoms with E-state index in [1.807, 2.05) is 29.2 Å². The summed E-state index contributed by atoms with van der Waals surface area (Å²) in [5.74, 6) is 0.0229. The maximum atomic E-state index is 13.0. The topological polar surface area (TPSA) is 108 Å². The van der Waals surface area contributed by atoms with Gasteiger partial charge in [0, 0.05) is 38.1 Å². The average molecular weight is 518 g/mol. The zero-order valence-electron chi connectivity index (χ0n) is 20.3. The smallest absolute Gasteiger partial charge is 0.341 e. The highest BCUT2D eigenvalue weighted by atomic mass is 35.5. The van der Waals surface area contributed by atoms with Gasteiger partial charge < -0.3 is 19.8 Å². The van der Waals surface area contributed by atoms with Gasteiger partial charge in [0.25, 0.3) is 0 Å². The summed E-state index contributed by atoms with van der Waals surface area (Å²) < 4.78 is 1.59. The van der Waals surface area contributed by atoms with Crippen LogP contribution in [0.3, 0.4) is 0 Å². The Morgan fingerprint density at radius 3 is 2.62 bits per heavy atom. The molecule has 1 saturated heterocycles. The molecule has 0 amide bonds. The molecule has 6 rings (SSSR count). The summed E-state index contributed by atoms with van der Waals surface area (Å²) in [6.07, 6.45) is 4.72. The van der Waals surface area contributed by atoms with Crippen LogP contribution in [0.2, 0.25) is 5.02 Å². The molecule has 2 aliphatic heterocycles. The fraction of sp³-hybridized carbons (Fsp3) is 0.269. The Hall–Kier alpha value is -4.02. The van der Waals surface area contributed by atoms with Crippen molar-refractivity contribution in [2.24, 2.45) is 0 Å². The molecule has 188 valence electrons. The molecular weight excluding hydrogens is 494 g/mol. The van der Waals surface area contributed by atoms with Crippen LogP contribution in [0.4, 0.5) is 11.6 Å². The normalized spacial score (nSPS) is 15.4. The minimum absolute atomic E-state index is 0.129. The maximum absolute atomic E-state index is 13.0. The van der Waals surface area contributed by atoms with E-state index in [0.717, 1.165) is 30.2 Å². The van der Waals surface area contributed by atoms with Crippen LogP contribution in [0.1, 0.15) is 21.6 Å². The minimum Gasteiger partial charge on any atom is -0.477 e. The number of nitrogens with zero attached hydrogens (tertiary/aromatic N) is 7. The Kier molecular flexibility index (Phi) is 5.58. The number of pyridine rings is 4. The van der Waals surface area contributed by atoms with Crippen molar-refractivity contribution in [3.05, 3.63) is 81.0 Å². The van der Waals surface area contributed by atoms with Crippen LogP contribution in [0.15, 0.2) is 53.7 Å². The Labute approximate surface area is 217 Å². The zero-order valence-corrected chi connectivity index (χ0v) is 21.1.